The first kappa shape index (κ1) is 20.7. The van der Waals surface area contributed by atoms with Gasteiger partial charge in [0, 0.05) is 16.9 Å². The number of rotatable bonds is 4. The second-order valence-electron chi connectivity index (χ2n) is 8.91. The van der Waals surface area contributed by atoms with E-state index in [-0.39, 0.29) is 11.2 Å². The fraction of sp³-hybridized carbons (Fsp3) is 0.520. The van der Waals surface area contributed by atoms with Gasteiger partial charge in [-0.15, -0.1) is 0 Å². The minimum atomic E-state index is -0.110. The third kappa shape index (κ3) is 4.97. The van der Waals surface area contributed by atoms with Crippen molar-refractivity contribution in [2.24, 2.45) is 5.92 Å². The predicted molar refractivity (Wildman–Crippen MR) is 122 cm³/mol. The summed E-state index contributed by atoms with van der Waals surface area (Å²) in [5.74, 6) is 0.973. The first-order chi connectivity index (χ1) is 14.1. The molecule has 1 spiro atoms. The number of piperidine rings is 1. The van der Waals surface area contributed by atoms with Crippen molar-refractivity contribution in [2.45, 2.75) is 56.3 Å². The van der Waals surface area contributed by atoms with Crippen molar-refractivity contribution in [3.63, 3.8) is 0 Å². The van der Waals surface area contributed by atoms with E-state index in [0.717, 1.165) is 38.4 Å². The number of fused-ring (bicyclic) bond motifs is 2. The van der Waals surface area contributed by atoms with Crippen LogP contribution in [0.5, 0.6) is 0 Å². The first-order valence-corrected chi connectivity index (χ1v) is 11.9. The lowest BCUT2D eigenvalue weighted by atomic mass is 9.74. The Labute approximate surface area is 179 Å². The molecule has 0 aromatic heterocycles. The molecule has 156 valence electrons. The Hall–Kier alpha value is -1.52. The average Bonchev–Trinajstić information content (AvgIpc) is 3.47. The molecule has 5 rings (SSSR count). The molecule has 2 aromatic carbocycles. The van der Waals surface area contributed by atoms with Crippen LogP contribution in [0.2, 0.25) is 0 Å². The van der Waals surface area contributed by atoms with Crippen LogP contribution in [0.1, 0.15) is 51.5 Å². The highest BCUT2D eigenvalue weighted by atomic mass is 32.2. The monoisotopic (exact) mass is 412 g/mol. The number of anilines is 1. The molecule has 0 bridgehead atoms. The Bertz CT molecular complexity index is 798. The van der Waals surface area contributed by atoms with E-state index in [9.17, 15) is 4.39 Å². The molecule has 4 heteroatoms. The Morgan fingerprint density at radius 2 is 1.76 bits per heavy atom. The molecule has 0 radical (unpaired) electrons. The summed E-state index contributed by atoms with van der Waals surface area (Å²) in [6.07, 6.45) is 6.42. The van der Waals surface area contributed by atoms with Gasteiger partial charge in [0.05, 0.1) is 5.69 Å². The molecular weight excluding hydrogens is 379 g/mol. The molecule has 1 saturated heterocycles. The first-order valence-electron chi connectivity index (χ1n) is 11.1. The smallest absolute Gasteiger partial charge is 0.123 e. The molecule has 0 N–H and O–H groups in total. The van der Waals surface area contributed by atoms with Gasteiger partial charge in [-0.2, -0.15) is 0 Å². The summed E-state index contributed by atoms with van der Waals surface area (Å²) in [5.41, 5.74) is 2.51. The normalized spacial score (nSPS) is 20.3. The average molecular weight is 413 g/mol. The van der Waals surface area contributed by atoms with Gasteiger partial charge in [0.15, 0.2) is 0 Å². The number of halogens is 1. The van der Waals surface area contributed by atoms with Crippen molar-refractivity contribution in [1.82, 2.24) is 4.90 Å². The summed E-state index contributed by atoms with van der Waals surface area (Å²) in [6.45, 7) is 8.91. The summed E-state index contributed by atoms with van der Waals surface area (Å²) >= 11 is 1.78. The van der Waals surface area contributed by atoms with Crippen LogP contribution < -0.4 is 4.31 Å². The van der Waals surface area contributed by atoms with Gasteiger partial charge in [0.1, 0.15) is 5.82 Å². The van der Waals surface area contributed by atoms with E-state index in [4.69, 9.17) is 0 Å². The molecule has 2 fully saturated rings. The van der Waals surface area contributed by atoms with Crippen LogP contribution in [0.4, 0.5) is 10.1 Å². The quantitative estimate of drug-likeness (QED) is 0.528. The largest absolute Gasteiger partial charge is 0.311 e. The van der Waals surface area contributed by atoms with Crippen molar-refractivity contribution >= 4 is 17.6 Å². The van der Waals surface area contributed by atoms with Gasteiger partial charge in [-0.05, 0) is 92.7 Å². The maximum Gasteiger partial charge on any atom is 0.123 e. The van der Waals surface area contributed by atoms with Crippen LogP contribution in [0, 0.1) is 11.7 Å². The molecule has 1 aliphatic carbocycles. The number of likely N-dealkylation sites (tertiary alicyclic amines) is 1. The molecule has 0 unspecified atom stereocenters. The number of hydrogen-bond donors (Lipinski definition) is 0. The van der Waals surface area contributed by atoms with Gasteiger partial charge in [-0.25, -0.2) is 4.39 Å². The van der Waals surface area contributed by atoms with E-state index in [1.807, 2.05) is 12.1 Å². The van der Waals surface area contributed by atoms with E-state index in [0.29, 0.717) is 0 Å². The third-order valence-electron chi connectivity index (χ3n) is 6.42. The zero-order chi connectivity index (χ0) is 20.3. The maximum atomic E-state index is 14.0. The van der Waals surface area contributed by atoms with Gasteiger partial charge in [0.2, 0.25) is 0 Å². The van der Waals surface area contributed by atoms with Gasteiger partial charge in [-0.1, -0.05) is 44.9 Å². The summed E-state index contributed by atoms with van der Waals surface area (Å²) in [6, 6.07) is 15.8. The molecule has 1 saturated carbocycles. The number of nitrogens with zero attached hydrogens (tertiary/aromatic N) is 2. The van der Waals surface area contributed by atoms with Crippen molar-refractivity contribution in [1.29, 1.82) is 0 Å². The lowest BCUT2D eigenvalue weighted by Gasteiger charge is -2.39. The summed E-state index contributed by atoms with van der Waals surface area (Å²) < 4.78 is 16.4. The molecule has 29 heavy (non-hydrogen) atoms. The number of hydrogen-bond acceptors (Lipinski definition) is 3. The number of benzene rings is 2. The van der Waals surface area contributed by atoms with Gasteiger partial charge in [-0.3, -0.25) is 0 Å². The summed E-state index contributed by atoms with van der Waals surface area (Å²) in [4.78, 5) is 3.79. The van der Waals surface area contributed by atoms with E-state index in [1.165, 1.54) is 42.0 Å². The molecule has 2 nitrogen and oxygen atoms in total. The Kier molecular flexibility index (Phi) is 6.50. The third-order valence-corrected chi connectivity index (χ3v) is 7.45. The second kappa shape index (κ2) is 9.09. The molecule has 2 heterocycles. The van der Waals surface area contributed by atoms with E-state index >= 15 is 0 Å². The lowest BCUT2D eigenvalue weighted by molar-refractivity contribution is 0.168. The SMILES string of the molecule is CC1CC1.CCCN1CCC2(CC1)CN(Sc1ccccc1)c1ccc(F)cc12. The Morgan fingerprint density at radius 1 is 1.07 bits per heavy atom. The molecule has 2 aliphatic heterocycles. The van der Waals surface area contributed by atoms with Crippen LogP contribution in [0.15, 0.2) is 53.4 Å². The molecule has 0 amide bonds. The second-order valence-corrected chi connectivity index (χ2v) is 10.0. The highest BCUT2D eigenvalue weighted by Gasteiger charge is 2.45. The Balaban J connectivity index is 0.000000458. The fourth-order valence-electron chi connectivity index (χ4n) is 4.40. The zero-order valence-corrected chi connectivity index (χ0v) is 18.6. The van der Waals surface area contributed by atoms with E-state index in [2.05, 4.69) is 47.3 Å². The maximum absolute atomic E-state index is 14.0. The van der Waals surface area contributed by atoms with Crippen LogP contribution in [-0.4, -0.2) is 31.1 Å². The standard InChI is InChI=1S/C21H25FN2S.C4H8/c1-2-12-23-13-10-21(11-14-23)16-24(25-18-6-4-3-5-7-18)20-9-8-17(22)15-19(20)21;1-4-2-3-4/h3-9,15H,2,10-14,16H2,1H3;4H,2-3H2,1H3. The molecular formula is C25H33FN2S. The van der Waals surface area contributed by atoms with Crippen molar-refractivity contribution in [3.8, 4) is 0 Å². The molecule has 3 aliphatic rings. The zero-order valence-electron chi connectivity index (χ0n) is 17.7. The minimum absolute atomic E-state index is 0.101. The molecule has 0 atom stereocenters. The summed E-state index contributed by atoms with van der Waals surface area (Å²) in [7, 11) is 0. The van der Waals surface area contributed by atoms with Crippen LogP contribution >= 0.6 is 11.9 Å². The predicted octanol–water partition coefficient (Wildman–Crippen LogP) is 6.51. The minimum Gasteiger partial charge on any atom is -0.311 e. The van der Waals surface area contributed by atoms with Crippen LogP contribution in [0.25, 0.3) is 0 Å². The lowest BCUT2D eigenvalue weighted by Crippen LogP contribution is -2.44. The van der Waals surface area contributed by atoms with Gasteiger partial charge < -0.3 is 9.21 Å². The topological polar surface area (TPSA) is 6.48 Å². The van der Waals surface area contributed by atoms with E-state index in [1.54, 1.807) is 24.1 Å². The van der Waals surface area contributed by atoms with Crippen molar-refractivity contribution in [3.05, 3.63) is 59.9 Å². The van der Waals surface area contributed by atoms with Crippen molar-refractivity contribution < 1.29 is 4.39 Å². The summed E-state index contributed by atoms with van der Waals surface area (Å²) in [5, 5.41) is 0. The van der Waals surface area contributed by atoms with Crippen LogP contribution in [0.3, 0.4) is 0 Å². The fourth-order valence-corrected chi connectivity index (χ4v) is 5.50. The van der Waals surface area contributed by atoms with Crippen LogP contribution in [-0.2, 0) is 5.41 Å². The Morgan fingerprint density at radius 3 is 2.38 bits per heavy atom. The highest BCUT2D eigenvalue weighted by Crippen LogP contribution is 2.50. The molecule has 2 aromatic rings. The van der Waals surface area contributed by atoms with Gasteiger partial charge >= 0.3 is 0 Å². The van der Waals surface area contributed by atoms with E-state index < -0.39 is 0 Å². The highest BCUT2D eigenvalue weighted by molar-refractivity contribution is 8.00. The van der Waals surface area contributed by atoms with Gasteiger partial charge in [0.25, 0.3) is 0 Å². The van der Waals surface area contributed by atoms with Crippen molar-refractivity contribution in [2.75, 3.05) is 30.5 Å².